The Labute approximate surface area is 105 Å². The van der Waals surface area contributed by atoms with Gasteiger partial charge >= 0.3 is 0 Å². The molecule has 5 nitrogen and oxygen atoms in total. The van der Waals surface area contributed by atoms with Crippen molar-refractivity contribution < 1.29 is 14.6 Å². The van der Waals surface area contributed by atoms with Crippen LogP contribution in [0.5, 0.6) is 5.75 Å². The molecule has 2 rings (SSSR count). The highest BCUT2D eigenvalue weighted by molar-refractivity contribution is 9.10. The van der Waals surface area contributed by atoms with Crippen LogP contribution < -0.4 is 4.74 Å². The van der Waals surface area contributed by atoms with Crippen LogP contribution in [0, 0.1) is 0 Å². The standard InChI is InChI=1S/C11H9BrN2O3/c1-5(15)10(16)6-3-13-9-8(6)7(17-2)4-14-11(9)12/h3-4,13,15H,1H2,2H3. The van der Waals surface area contributed by atoms with E-state index in [1.807, 2.05) is 0 Å². The number of aromatic nitrogens is 2. The first-order valence-corrected chi connectivity index (χ1v) is 5.47. The third-order valence-corrected chi connectivity index (χ3v) is 2.96. The van der Waals surface area contributed by atoms with Crippen molar-refractivity contribution in [2.24, 2.45) is 0 Å². The zero-order chi connectivity index (χ0) is 12.6. The van der Waals surface area contributed by atoms with Crippen molar-refractivity contribution >= 4 is 32.6 Å². The molecule has 0 atom stereocenters. The normalized spacial score (nSPS) is 10.5. The third-order valence-electron chi connectivity index (χ3n) is 2.35. The van der Waals surface area contributed by atoms with E-state index in [0.717, 1.165) is 0 Å². The van der Waals surface area contributed by atoms with Gasteiger partial charge in [-0.1, -0.05) is 6.58 Å². The maximum Gasteiger partial charge on any atom is 0.228 e. The lowest BCUT2D eigenvalue weighted by atomic mass is 10.1. The SMILES string of the molecule is C=C(O)C(=O)c1c[nH]c2c(Br)ncc(OC)c12. The minimum atomic E-state index is -0.548. The lowest BCUT2D eigenvalue weighted by molar-refractivity contribution is 0.0980. The number of Topliss-reactive ketones (excluding diaryl/α,β-unsaturated/α-hetero) is 1. The Bertz CT molecular complexity index is 618. The summed E-state index contributed by atoms with van der Waals surface area (Å²) in [4.78, 5) is 18.7. The molecule has 0 spiro atoms. The molecule has 0 saturated heterocycles. The van der Waals surface area contributed by atoms with Crippen LogP contribution in [0.15, 0.2) is 29.3 Å². The van der Waals surface area contributed by atoms with Crippen molar-refractivity contribution in [1.82, 2.24) is 9.97 Å². The summed E-state index contributed by atoms with van der Waals surface area (Å²) in [7, 11) is 1.49. The molecule has 2 N–H and O–H groups in total. The summed E-state index contributed by atoms with van der Waals surface area (Å²) in [5.41, 5.74) is 0.932. The number of nitrogens with one attached hydrogen (secondary N) is 1. The van der Waals surface area contributed by atoms with Gasteiger partial charge in [-0.3, -0.25) is 4.79 Å². The first kappa shape index (κ1) is 11.7. The topological polar surface area (TPSA) is 75.2 Å². The number of hydrogen-bond acceptors (Lipinski definition) is 4. The van der Waals surface area contributed by atoms with E-state index in [1.165, 1.54) is 19.5 Å². The summed E-state index contributed by atoms with van der Waals surface area (Å²) in [6.45, 7) is 3.22. The van der Waals surface area contributed by atoms with Gasteiger partial charge in [0.25, 0.3) is 0 Å². The van der Waals surface area contributed by atoms with Crippen molar-refractivity contribution in [3.63, 3.8) is 0 Å². The van der Waals surface area contributed by atoms with Gasteiger partial charge in [0.1, 0.15) is 10.4 Å². The quantitative estimate of drug-likeness (QED) is 0.395. The Morgan fingerprint density at radius 2 is 2.35 bits per heavy atom. The predicted octanol–water partition coefficient (Wildman–Crippen LogP) is 2.59. The van der Waals surface area contributed by atoms with E-state index in [-0.39, 0.29) is 0 Å². The number of aliphatic hydroxyl groups is 1. The molecule has 2 aromatic rings. The van der Waals surface area contributed by atoms with E-state index in [1.54, 1.807) is 0 Å². The zero-order valence-electron chi connectivity index (χ0n) is 8.95. The maximum absolute atomic E-state index is 11.7. The van der Waals surface area contributed by atoms with E-state index in [2.05, 4.69) is 32.5 Å². The van der Waals surface area contributed by atoms with Gasteiger partial charge < -0.3 is 14.8 Å². The number of pyridine rings is 1. The van der Waals surface area contributed by atoms with Crippen LogP contribution >= 0.6 is 15.9 Å². The van der Waals surface area contributed by atoms with Gasteiger partial charge in [0, 0.05) is 6.20 Å². The number of carbonyl (C=O) groups excluding carboxylic acids is 1. The van der Waals surface area contributed by atoms with E-state index in [9.17, 15) is 4.79 Å². The fraction of sp³-hybridized carbons (Fsp3) is 0.0909. The smallest absolute Gasteiger partial charge is 0.228 e. The van der Waals surface area contributed by atoms with Gasteiger partial charge in [0.2, 0.25) is 5.78 Å². The molecule has 17 heavy (non-hydrogen) atoms. The van der Waals surface area contributed by atoms with Crippen LogP contribution in [0.4, 0.5) is 0 Å². The highest BCUT2D eigenvalue weighted by Gasteiger charge is 2.19. The van der Waals surface area contributed by atoms with Crippen LogP contribution in [0.3, 0.4) is 0 Å². The molecule has 0 aliphatic carbocycles. The van der Waals surface area contributed by atoms with Gasteiger partial charge in [0.05, 0.1) is 29.8 Å². The third kappa shape index (κ3) is 1.80. The maximum atomic E-state index is 11.7. The van der Waals surface area contributed by atoms with Gasteiger partial charge in [-0.25, -0.2) is 4.98 Å². The second-order valence-electron chi connectivity index (χ2n) is 3.35. The monoisotopic (exact) mass is 296 g/mol. The first-order chi connectivity index (χ1) is 8.06. The average Bonchev–Trinajstić information content (AvgIpc) is 2.74. The average molecular weight is 297 g/mol. The molecule has 2 aromatic heterocycles. The lowest BCUT2D eigenvalue weighted by Crippen LogP contribution is -2.01. The number of hydrogen-bond donors (Lipinski definition) is 2. The number of H-pyrrole nitrogens is 1. The first-order valence-electron chi connectivity index (χ1n) is 4.68. The zero-order valence-corrected chi connectivity index (χ0v) is 10.5. The fourth-order valence-electron chi connectivity index (χ4n) is 1.58. The Hall–Kier alpha value is -1.82. The molecule has 0 radical (unpaired) electrons. The molecule has 0 fully saturated rings. The molecule has 0 unspecified atom stereocenters. The molecule has 0 amide bonds. The van der Waals surface area contributed by atoms with Crippen molar-refractivity contribution in [1.29, 1.82) is 0 Å². The van der Waals surface area contributed by atoms with Crippen molar-refractivity contribution in [3.05, 3.63) is 34.9 Å². The highest BCUT2D eigenvalue weighted by Crippen LogP contribution is 2.32. The van der Waals surface area contributed by atoms with Crippen LogP contribution in [0.2, 0.25) is 0 Å². The summed E-state index contributed by atoms with van der Waals surface area (Å²) in [6, 6.07) is 0. The Morgan fingerprint density at radius 1 is 1.65 bits per heavy atom. The number of ketones is 1. The van der Waals surface area contributed by atoms with Crippen molar-refractivity contribution in [3.8, 4) is 5.75 Å². The second kappa shape index (κ2) is 4.21. The Kier molecular flexibility index (Phi) is 2.89. The molecule has 0 aliphatic heterocycles. The molecule has 6 heteroatoms. The highest BCUT2D eigenvalue weighted by atomic mass is 79.9. The number of nitrogens with zero attached hydrogens (tertiary/aromatic N) is 1. The largest absolute Gasteiger partial charge is 0.505 e. The van der Waals surface area contributed by atoms with E-state index in [0.29, 0.717) is 26.8 Å². The molecule has 0 aliphatic rings. The number of carbonyl (C=O) groups is 1. The predicted molar refractivity (Wildman–Crippen MR) is 66.4 cm³/mol. The van der Waals surface area contributed by atoms with Crippen LogP contribution in [-0.2, 0) is 0 Å². The number of ether oxygens (including phenoxy) is 1. The van der Waals surface area contributed by atoms with Crippen LogP contribution in [0.1, 0.15) is 10.4 Å². The number of methoxy groups -OCH3 is 1. The second-order valence-corrected chi connectivity index (χ2v) is 4.10. The molecule has 88 valence electrons. The minimum Gasteiger partial charge on any atom is -0.505 e. The number of fused-ring (bicyclic) bond motifs is 1. The minimum absolute atomic E-state index is 0.299. The summed E-state index contributed by atoms with van der Waals surface area (Å²) in [5.74, 6) is -0.609. The fourth-order valence-corrected chi connectivity index (χ4v) is 1.99. The van der Waals surface area contributed by atoms with Crippen LogP contribution in [-0.4, -0.2) is 28.0 Å². The Balaban J connectivity index is 2.78. The van der Waals surface area contributed by atoms with Gasteiger partial charge in [-0.2, -0.15) is 0 Å². The number of rotatable bonds is 3. The van der Waals surface area contributed by atoms with Crippen LogP contribution in [0.25, 0.3) is 10.9 Å². The van der Waals surface area contributed by atoms with E-state index < -0.39 is 11.5 Å². The molecule has 0 saturated carbocycles. The van der Waals surface area contributed by atoms with E-state index in [4.69, 9.17) is 9.84 Å². The molecule has 2 heterocycles. The summed E-state index contributed by atoms with van der Waals surface area (Å²) < 4.78 is 5.71. The molecular weight excluding hydrogens is 288 g/mol. The molecule has 0 bridgehead atoms. The van der Waals surface area contributed by atoms with Crippen molar-refractivity contribution in [2.45, 2.75) is 0 Å². The van der Waals surface area contributed by atoms with Gasteiger partial charge in [0.15, 0.2) is 5.76 Å². The van der Waals surface area contributed by atoms with Gasteiger partial charge in [-0.05, 0) is 15.9 Å². The van der Waals surface area contributed by atoms with Gasteiger partial charge in [-0.15, -0.1) is 0 Å². The van der Waals surface area contributed by atoms with Crippen molar-refractivity contribution in [2.75, 3.05) is 7.11 Å². The lowest BCUT2D eigenvalue weighted by Gasteiger charge is -2.04. The van der Waals surface area contributed by atoms with E-state index >= 15 is 0 Å². The number of halogens is 1. The summed E-state index contributed by atoms with van der Waals surface area (Å²) in [6.07, 6.45) is 2.99. The summed E-state index contributed by atoms with van der Waals surface area (Å²) >= 11 is 3.27. The molecule has 0 aromatic carbocycles. The molecular formula is C11H9BrN2O3. The number of allylic oxidation sites excluding steroid dienone is 1. The number of aliphatic hydroxyl groups excluding tert-OH is 1. The Morgan fingerprint density at radius 3 is 2.94 bits per heavy atom. The summed E-state index contributed by atoms with van der Waals surface area (Å²) in [5, 5.41) is 9.72. The number of aromatic amines is 1.